The van der Waals surface area contributed by atoms with E-state index in [0.717, 1.165) is 12.8 Å². The Morgan fingerprint density at radius 2 is 1.84 bits per heavy atom. The molecule has 2 aliphatic carbocycles. The van der Waals surface area contributed by atoms with Crippen LogP contribution in [-0.4, -0.2) is 53.9 Å². The van der Waals surface area contributed by atoms with Crippen LogP contribution in [0.15, 0.2) is 18.2 Å². The van der Waals surface area contributed by atoms with Crippen molar-refractivity contribution in [2.24, 2.45) is 16.7 Å². The number of amides is 2. The van der Waals surface area contributed by atoms with Crippen molar-refractivity contribution < 1.29 is 14.5 Å². The molecule has 0 aromatic heterocycles. The molecule has 3 fully saturated rings. The summed E-state index contributed by atoms with van der Waals surface area (Å²) in [4.78, 5) is 39.6. The Hall–Kier alpha value is -2.64. The van der Waals surface area contributed by atoms with E-state index >= 15 is 0 Å². The summed E-state index contributed by atoms with van der Waals surface area (Å²) in [6.07, 6.45) is 3.27. The summed E-state index contributed by atoms with van der Waals surface area (Å²) in [5.74, 6) is 0.373. The normalized spacial score (nSPS) is 29.2. The van der Waals surface area contributed by atoms with Gasteiger partial charge in [0, 0.05) is 50.8 Å². The Morgan fingerprint density at radius 3 is 2.35 bits per heavy atom. The van der Waals surface area contributed by atoms with Crippen LogP contribution in [0.2, 0.25) is 0 Å². The molecule has 168 valence electrons. The molecule has 0 radical (unpaired) electrons. The van der Waals surface area contributed by atoms with Gasteiger partial charge in [-0.1, -0.05) is 20.8 Å². The Labute approximate surface area is 183 Å². The molecule has 3 unspecified atom stereocenters. The predicted octanol–water partition coefficient (Wildman–Crippen LogP) is 3.21. The lowest BCUT2D eigenvalue weighted by Gasteiger charge is -2.39. The van der Waals surface area contributed by atoms with E-state index < -0.39 is 4.92 Å². The number of hydrogen-bond acceptors (Lipinski definition) is 5. The molecule has 1 aromatic carbocycles. The van der Waals surface area contributed by atoms with Gasteiger partial charge >= 0.3 is 0 Å². The van der Waals surface area contributed by atoms with Gasteiger partial charge in [0.25, 0.3) is 11.6 Å². The third-order valence-electron chi connectivity index (χ3n) is 8.60. The van der Waals surface area contributed by atoms with Crippen molar-refractivity contribution >= 4 is 23.2 Å². The summed E-state index contributed by atoms with van der Waals surface area (Å²) >= 11 is 0. The molecule has 0 spiro atoms. The van der Waals surface area contributed by atoms with E-state index in [9.17, 15) is 19.7 Å². The van der Waals surface area contributed by atoms with Crippen LogP contribution in [0.25, 0.3) is 0 Å². The third-order valence-corrected chi connectivity index (χ3v) is 8.60. The largest absolute Gasteiger partial charge is 0.362 e. The van der Waals surface area contributed by atoms with Crippen LogP contribution < -0.4 is 10.2 Å². The quantitative estimate of drug-likeness (QED) is 0.587. The summed E-state index contributed by atoms with van der Waals surface area (Å²) < 4.78 is 0. The first-order valence-corrected chi connectivity index (χ1v) is 11.1. The molecule has 3 aliphatic rings. The second-order valence-corrected chi connectivity index (χ2v) is 10.1. The molecule has 8 heteroatoms. The van der Waals surface area contributed by atoms with E-state index in [1.165, 1.54) is 19.4 Å². The number of hydrogen-bond donors (Lipinski definition) is 1. The van der Waals surface area contributed by atoms with Gasteiger partial charge in [0.15, 0.2) is 0 Å². The number of nitro groups is 1. The number of anilines is 1. The SMILES string of the molecule is CC(=O)N1CCN(c2ccc(C(=O)NC3CC4CCC3(C)C4(C)C)cc2[N+](=O)[O-])CC1. The summed E-state index contributed by atoms with van der Waals surface area (Å²) in [7, 11) is 0. The number of rotatable bonds is 4. The fourth-order valence-corrected chi connectivity index (χ4v) is 6.00. The first-order valence-electron chi connectivity index (χ1n) is 11.1. The highest BCUT2D eigenvalue weighted by Crippen LogP contribution is 2.65. The topological polar surface area (TPSA) is 95.8 Å². The first kappa shape index (κ1) is 21.6. The highest BCUT2D eigenvalue weighted by Gasteiger charge is 2.61. The molecule has 1 heterocycles. The molecule has 1 aliphatic heterocycles. The maximum Gasteiger partial charge on any atom is 0.293 e. The number of benzene rings is 1. The van der Waals surface area contributed by atoms with Crippen molar-refractivity contribution in [3.63, 3.8) is 0 Å². The van der Waals surface area contributed by atoms with Gasteiger partial charge in [-0.3, -0.25) is 19.7 Å². The van der Waals surface area contributed by atoms with Crippen molar-refractivity contribution in [3.8, 4) is 0 Å². The molecule has 2 amide bonds. The number of nitrogens with one attached hydrogen (secondary N) is 1. The summed E-state index contributed by atoms with van der Waals surface area (Å²) in [6.45, 7) is 10.5. The Morgan fingerprint density at radius 1 is 1.16 bits per heavy atom. The van der Waals surface area contributed by atoms with E-state index in [1.54, 1.807) is 17.0 Å². The number of carbonyl (C=O) groups is 2. The number of carbonyl (C=O) groups excluding carboxylic acids is 2. The standard InChI is InChI=1S/C23H32N4O4/c1-15(28)25-9-11-26(12-10-25)18-6-5-16(13-19(18)27(30)31)21(29)24-20-14-17-7-8-23(20,4)22(17,2)3/h5-6,13,17,20H,7-12,14H2,1-4H3,(H,24,29). The minimum atomic E-state index is -0.425. The molecule has 31 heavy (non-hydrogen) atoms. The number of fused-ring (bicyclic) bond motifs is 2. The minimum Gasteiger partial charge on any atom is -0.362 e. The zero-order chi connectivity index (χ0) is 22.6. The maximum atomic E-state index is 13.0. The number of nitro benzene ring substituents is 1. The van der Waals surface area contributed by atoms with Gasteiger partial charge in [-0.25, -0.2) is 0 Å². The van der Waals surface area contributed by atoms with Gasteiger partial charge < -0.3 is 15.1 Å². The van der Waals surface area contributed by atoms with E-state index in [1.807, 2.05) is 4.90 Å². The number of nitrogens with zero attached hydrogens (tertiary/aromatic N) is 3. The zero-order valence-corrected chi connectivity index (χ0v) is 18.8. The lowest BCUT2D eigenvalue weighted by atomic mass is 9.69. The minimum absolute atomic E-state index is 0.0126. The van der Waals surface area contributed by atoms with Crippen LogP contribution in [0.3, 0.4) is 0 Å². The van der Waals surface area contributed by atoms with Gasteiger partial charge in [-0.05, 0) is 48.1 Å². The highest BCUT2D eigenvalue weighted by atomic mass is 16.6. The first-order chi connectivity index (χ1) is 14.5. The molecule has 2 saturated carbocycles. The Balaban J connectivity index is 1.51. The monoisotopic (exact) mass is 428 g/mol. The van der Waals surface area contributed by atoms with Crippen LogP contribution >= 0.6 is 0 Å². The van der Waals surface area contributed by atoms with E-state index in [2.05, 4.69) is 26.1 Å². The van der Waals surface area contributed by atoms with E-state index in [0.29, 0.717) is 43.3 Å². The van der Waals surface area contributed by atoms with Crippen LogP contribution in [0.1, 0.15) is 57.3 Å². The molecule has 2 bridgehead atoms. The molecule has 8 nitrogen and oxygen atoms in total. The average Bonchev–Trinajstić information content (AvgIpc) is 3.07. The molecule has 4 rings (SSSR count). The van der Waals surface area contributed by atoms with Crippen molar-refractivity contribution in [1.29, 1.82) is 0 Å². The van der Waals surface area contributed by atoms with Crippen LogP contribution in [0.4, 0.5) is 11.4 Å². The second-order valence-electron chi connectivity index (χ2n) is 10.1. The smallest absolute Gasteiger partial charge is 0.293 e. The van der Waals surface area contributed by atoms with Gasteiger partial charge in [0.05, 0.1) is 4.92 Å². The number of piperazine rings is 1. The Bertz CT molecular complexity index is 922. The lowest BCUT2D eigenvalue weighted by molar-refractivity contribution is -0.384. The van der Waals surface area contributed by atoms with Crippen LogP contribution in [0, 0.1) is 26.9 Å². The van der Waals surface area contributed by atoms with Gasteiger partial charge in [-0.2, -0.15) is 0 Å². The fourth-order valence-electron chi connectivity index (χ4n) is 6.00. The third kappa shape index (κ3) is 3.46. The lowest BCUT2D eigenvalue weighted by Crippen LogP contribution is -2.48. The molecular weight excluding hydrogens is 396 g/mol. The highest BCUT2D eigenvalue weighted by molar-refractivity contribution is 5.96. The van der Waals surface area contributed by atoms with E-state index in [4.69, 9.17) is 0 Å². The second kappa shape index (κ2) is 7.50. The van der Waals surface area contributed by atoms with Crippen LogP contribution in [-0.2, 0) is 4.79 Å². The molecule has 1 aromatic rings. The zero-order valence-electron chi connectivity index (χ0n) is 18.8. The molecule has 1 N–H and O–H groups in total. The molecule has 1 saturated heterocycles. The maximum absolute atomic E-state index is 13.0. The van der Waals surface area contributed by atoms with Crippen molar-refractivity contribution in [1.82, 2.24) is 10.2 Å². The van der Waals surface area contributed by atoms with Crippen molar-refractivity contribution in [3.05, 3.63) is 33.9 Å². The summed E-state index contributed by atoms with van der Waals surface area (Å²) in [5.41, 5.74) is 0.987. The summed E-state index contributed by atoms with van der Waals surface area (Å²) in [6, 6.07) is 4.83. The van der Waals surface area contributed by atoms with Crippen molar-refractivity contribution in [2.45, 2.75) is 53.0 Å². The predicted molar refractivity (Wildman–Crippen MR) is 118 cm³/mol. The van der Waals surface area contributed by atoms with Gasteiger partial charge in [-0.15, -0.1) is 0 Å². The van der Waals surface area contributed by atoms with Crippen LogP contribution in [0.5, 0.6) is 0 Å². The Kier molecular flexibility index (Phi) is 5.22. The molecule has 3 atom stereocenters. The van der Waals surface area contributed by atoms with Gasteiger partial charge in [0.2, 0.25) is 5.91 Å². The fraction of sp³-hybridized carbons (Fsp3) is 0.652. The summed E-state index contributed by atoms with van der Waals surface area (Å²) in [5, 5.41) is 15.0. The van der Waals surface area contributed by atoms with E-state index in [-0.39, 0.29) is 34.4 Å². The molecular formula is C23H32N4O4. The van der Waals surface area contributed by atoms with Gasteiger partial charge in [0.1, 0.15) is 5.69 Å². The van der Waals surface area contributed by atoms with Crippen molar-refractivity contribution in [2.75, 3.05) is 31.1 Å². The average molecular weight is 429 g/mol.